The summed E-state index contributed by atoms with van der Waals surface area (Å²) < 4.78 is 7.68. The van der Waals surface area contributed by atoms with Crippen LogP contribution in [0.1, 0.15) is 16.2 Å². The maximum absolute atomic E-state index is 12.0. The van der Waals surface area contributed by atoms with Gasteiger partial charge in [-0.25, -0.2) is 0 Å². The van der Waals surface area contributed by atoms with Crippen LogP contribution in [0.3, 0.4) is 0 Å². The van der Waals surface area contributed by atoms with E-state index in [9.17, 15) is 4.79 Å². The van der Waals surface area contributed by atoms with Gasteiger partial charge in [0, 0.05) is 13.1 Å². The first-order valence-corrected chi connectivity index (χ1v) is 7.02. The molecule has 7 heteroatoms. The van der Waals surface area contributed by atoms with Crippen LogP contribution in [0.2, 0.25) is 5.02 Å². The van der Waals surface area contributed by atoms with E-state index in [0.29, 0.717) is 15.5 Å². The van der Waals surface area contributed by atoms with E-state index in [1.54, 1.807) is 17.6 Å². The highest BCUT2D eigenvalue weighted by atomic mass is 35.5. The number of hydrogen-bond donors (Lipinski definition) is 0. The van der Waals surface area contributed by atoms with Gasteiger partial charge in [0.1, 0.15) is 0 Å². The number of aryl methyl sites for hydroxylation is 2. The minimum Gasteiger partial charge on any atom is -0.351 e. The summed E-state index contributed by atoms with van der Waals surface area (Å²) in [6.07, 6.45) is 0. The SMILES string of the molecule is Cc1cc(C(=O)N=c2sc3cccc(Cl)c3n2C)on1. The Bertz CT molecular complexity index is 875. The summed E-state index contributed by atoms with van der Waals surface area (Å²) in [5.74, 6) is -0.324. The number of para-hydroxylation sites is 1. The van der Waals surface area contributed by atoms with Gasteiger partial charge in [0.05, 0.1) is 20.9 Å². The molecule has 3 rings (SSSR count). The molecule has 0 spiro atoms. The number of benzene rings is 1. The Balaban J connectivity index is 2.15. The van der Waals surface area contributed by atoms with Crippen LogP contribution in [0.15, 0.2) is 33.8 Å². The second-order valence-electron chi connectivity index (χ2n) is 4.28. The second kappa shape index (κ2) is 4.88. The van der Waals surface area contributed by atoms with Crippen LogP contribution >= 0.6 is 22.9 Å². The van der Waals surface area contributed by atoms with Crippen LogP contribution in [-0.2, 0) is 7.05 Å². The first kappa shape index (κ1) is 13.1. The van der Waals surface area contributed by atoms with E-state index in [4.69, 9.17) is 16.1 Å². The van der Waals surface area contributed by atoms with Crippen molar-refractivity contribution in [2.24, 2.45) is 12.0 Å². The Hall–Kier alpha value is -1.92. The first-order chi connectivity index (χ1) is 9.56. The number of fused-ring (bicyclic) bond motifs is 1. The van der Waals surface area contributed by atoms with Crippen molar-refractivity contribution >= 4 is 39.1 Å². The van der Waals surface area contributed by atoms with Crippen LogP contribution in [0, 0.1) is 6.92 Å². The highest BCUT2D eigenvalue weighted by molar-refractivity contribution is 7.16. The second-order valence-corrected chi connectivity index (χ2v) is 5.70. The van der Waals surface area contributed by atoms with Crippen molar-refractivity contribution in [3.05, 3.63) is 45.5 Å². The Kier molecular flexibility index (Phi) is 3.19. The maximum atomic E-state index is 12.0. The number of rotatable bonds is 1. The quantitative estimate of drug-likeness (QED) is 0.694. The third-order valence-electron chi connectivity index (χ3n) is 2.81. The molecule has 2 aromatic heterocycles. The van der Waals surface area contributed by atoms with E-state index in [0.717, 1.165) is 10.2 Å². The van der Waals surface area contributed by atoms with Gasteiger partial charge in [-0.05, 0) is 19.1 Å². The molecule has 20 heavy (non-hydrogen) atoms. The Morgan fingerprint density at radius 3 is 2.95 bits per heavy atom. The zero-order chi connectivity index (χ0) is 14.3. The van der Waals surface area contributed by atoms with Crippen LogP contribution in [0.25, 0.3) is 10.2 Å². The van der Waals surface area contributed by atoms with E-state index in [1.165, 1.54) is 11.3 Å². The van der Waals surface area contributed by atoms with Crippen molar-refractivity contribution in [1.82, 2.24) is 9.72 Å². The predicted octanol–water partition coefficient (Wildman–Crippen LogP) is 2.93. The van der Waals surface area contributed by atoms with Crippen LogP contribution in [-0.4, -0.2) is 15.6 Å². The highest BCUT2D eigenvalue weighted by Gasteiger charge is 2.12. The van der Waals surface area contributed by atoms with Gasteiger partial charge in [0.25, 0.3) is 0 Å². The van der Waals surface area contributed by atoms with E-state index in [-0.39, 0.29) is 5.76 Å². The lowest BCUT2D eigenvalue weighted by atomic mass is 10.3. The molecule has 0 saturated carbocycles. The molecular weight excluding hydrogens is 298 g/mol. The predicted molar refractivity (Wildman–Crippen MR) is 76.9 cm³/mol. The monoisotopic (exact) mass is 307 g/mol. The van der Waals surface area contributed by atoms with E-state index >= 15 is 0 Å². The summed E-state index contributed by atoms with van der Waals surface area (Å²) >= 11 is 7.56. The number of carbonyl (C=O) groups is 1. The summed E-state index contributed by atoms with van der Waals surface area (Å²) in [5.41, 5.74) is 1.51. The number of carbonyl (C=O) groups excluding carboxylic acids is 1. The Morgan fingerprint density at radius 2 is 2.30 bits per heavy atom. The molecule has 0 bridgehead atoms. The van der Waals surface area contributed by atoms with Crippen molar-refractivity contribution in [2.75, 3.05) is 0 Å². The van der Waals surface area contributed by atoms with Crippen molar-refractivity contribution in [2.45, 2.75) is 6.92 Å². The van der Waals surface area contributed by atoms with Gasteiger partial charge >= 0.3 is 5.91 Å². The smallest absolute Gasteiger partial charge is 0.318 e. The van der Waals surface area contributed by atoms with Crippen molar-refractivity contribution in [3.8, 4) is 0 Å². The average Bonchev–Trinajstić information content (AvgIpc) is 2.96. The molecule has 0 aliphatic carbocycles. The first-order valence-electron chi connectivity index (χ1n) is 5.82. The summed E-state index contributed by atoms with van der Waals surface area (Å²) in [6, 6.07) is 7.18. The van der Waals surface area contributed by atoms with Crippen LogP contribution in [0.5, 0.6) is 0 Å². The van der Waals surface area contributed by atoms with Crippen molar-refractivity contribution < 1.29 is 9.32 Å². The molecule has 102 valence electrons. The average molecular weight is 308 g/mol. The molecular formula is C13H10ClN3O2S. The number of halogens is 1. The molecule has 1 aromatic carbocycles. The molecule has 0 radical (unpaired) electrons. The van der Waals surface area contributed by atoms with E-state index in [1.807, 2.05) is 25.2 Å². The molecule has 0 atom stereocenters. The van der Waals surface area contributed by atoms with Gasteiger partial charge in [0.2, 0.25) is 5.76 Å². The van der Waals surface area contributed by atoms with Crippen molar-refractivity contribution in [3.63, 3.8) is 0 Å². The third kappa shape index (κ3) is 2.17. The fourth-order valence-corrected chi connectivity index (χ4v) is 3.27. The molecule has 0 saturated heterocycles. The Morgan fingerprint density at radius 1 is 1.50 bits per heavy atom. The Labute approximate surface area is 123 Å². The zero-order valence-corrected chi connectivity index (χ0v) is 12.3. The van der Waals surface area contributed by atoms with Gasteiger partial charge in [0.15, 0.2) is 4.80 Å². The van der Waals surface area contributed by atoms with Crippen LogP contribution in [0.4, 0.5) is 0 Å². The largest absolute Gasteiger partial charge is 0.351 e. The van der Waals surface area contributed by atoms with E-state index < -0.39 is 5.91 Å². The standard InChI is InChI=1S/C13H10ClN3O2S/c1-7-6-9(19-16-7)12(18)15-13-17(2)11-8(14)4-3-5-10(11)20-13/h3-6H,1-2H3. The highest BCUT2D eigenvalue weighted by Crippen LogP contribution is 2.24. The molecule has 0 unspecified atom stereocenters. The third-order valence-corrected chi connectivity index (χ3v) is 4.21. The fraction of sp³-hybridized carbons (Fsp3) is 0.154. The molecule has 0 aliphatic rings. The number of thiazole rings is 1. The van der Waals surface area contributed by atoms with Gasteiger partial charge in [-0.2, -0.15) is 4.99 Å². The summed E-state index contributed by atoms with van der Waals surface area (Å²) in [6.45, 7) is 1.75. The number of hydrogen-bond acceptors (Lipinski definition) is 4. The normalized spacial score (nSPS) is 12.2. The van der Waals surface area contributed by atoms with Gasteiger partial charge in [-0.1, -0.05) is 34.2 Å². The summed E-state index contributed by atoms with van der Waals surface area (Å²) in [7, 11) is 1.82. The topological polar surface area (TPSA) is 60.4 Å². The van der Waals surface area contributed by atoms with Gasteiger partial charge in [-0.3, -0.25) is 4.79 Å². The molecule has 3 aromatic rings. The van der Waals surface area contributed by atoms with Gasteiger partial charge < -0.3 is 9.09 Å². The lowest BCUT2D eigenvalue weighted by molar-refractivity contribution is 0.0962. The molecule has 0 aliphatic heterocycles. The van der Waals surface area contributed by atoms with Gasteiger partial charge in [-0.15, -0.1) is 0 Å². The maximum Gasteiger partial charge on any atom is 0.318 e. The van der Waals surface area contributed by atoms with Crippen LogP contribution < -0.4 is 4.80 Å². The van der Waals surface area contributed by atoms with Crippen molar-refractivity contribution in [1.29, 1.82) is 0 Å². The number of aromatic nitrogens is 2. The molecule has 2 heterocycles. The molecule has 0 fully saturated rings. The summed E-state index contributed by atoms with van der Waals surface area (Å²) in [4.78, 5) is 16.6. The molecule has 1 amide bonds. The molecule has 5 nitrogen and oxygen atoms in total. The lowest BCUT2D eigenvalue weighted by Crippen LogP contribution is -2.13. The minimum atomic E-state index is -0.455. The summed E-state index contributed by atoms with van der Waals surface area (Å²) in [5, 5.41) is 4.31. The molecule has 0 N–H and O–H groups in total. The lowest BCUT2D eigenvalue weighted by Gasteiger charge is -1.96. The fourth-order valence-electron chi connectivity index (χ4n) is 1.87. The number of nitrogens with zero attached hydrogens (tertiary/aromatic N) is 3. The number of amides is 1. The zero-order valence-electron chi connectivity index (χ0n) is 10.8. The minimum absolute atomic E-state index is 0.131. The van der Waals surface area contributed by atoms with E-state index in [2.05, 4.69) is 10.1 Å².